The first-order valence-corrected chi connectivity index (χ1v) is 5.51. The number of hydrogen-bond acceptors (Lipinski definition) is 0. The molecular weight excluding hydrogens is 218 g/mol. The van der Waals surface area contributed by atoms with Crippen LogP contribution < -0.4 is 0 Å². The average Bonchev–Trinajstić information content (AvgIpc) is 2.10. The van der Waals surface area contributed by atoms with Gasteiger partial charge in [0, 0.05) is 10.9 Å². The van der Waals surface area contributed by atoms with Crippen molar-refractivity contribution in [2.75, 3.05) is 0 Å². The fourth-order valence-electron chi connectivity index (χ4n) is 1.71. The summed E-state index contributed by atoms with van der Waals surface area (Å²) in [5.74, 6) is -0.753. The lowest BCUT2D eigenvalue weighted by molar-refractivity contribution is 0.482. The quantitative estimate of drug-likeness (QED) is 0.684. The molecule has 0 aliphatic rings. The fraction of sp³-hybridized carbons (Fsp3) is 0.500. The summed E-state index contributed by atoms with van der Waals surface area (Å²) in [7, 11) is 0. The lowest BCUT2D eigenvalue weighted by Gasteiger charge is -2.13. The van der Waals surface area contributed by atoms with Crippen molar-refractivity contribution in [3.05, 3.63) is 35.4 Å². The summed E-state index contributed by atoms with van der Waals surface area (Å²) in [5, 5.41) is 0.0369. The van der Waals surface area contributed by atoms with E-state index in [9.17, 15) is 8.78 Å². The van der Waals surface area contributed by atoms with Gasteiger partial charge in [-0.3, -0.25) is 0 Å². The van der Waals surface area contributed by atoms with E-state index >= 15 is 0 Å². The molecular formula is C12H15ClF2. The monoisotopic (exact) mass is 232 g/mol. The van der Waals surface area contributed by atoms with Gasteiger partial charge in [-0.15, -0.1) is 11.6 Å². The van der Waals surface area contributed by atoms with Crippen molar-refractivity contribution in [1.29, 1.82) is 0 Å². The molecule has 0 radical (unpaired) electrons. The van der Waals surface area contributed by atoms with Gasteiger partial charge in [0.05, 0.1) is 0 Å². The van der Waals surface area contributed by atoms with Gasteiger partial charge in [0.15, 0.2) is 0 Å². The standard InChI is InChI=1S/C12H15ClF2/c1-8(6-9(2)13)7-10-11(14)4-3-5-12(10)15/h3-5,8-9H,6-7H2,1-2H3. The summed E-state index contributed by atoms with van der Waals surface area (Å²) >= 11 is 5.83. The van der Waals surface area contributed by atoms with Crippen molar-refractivity contribution in [3.63, 3.8) is 0 Å². The largest absolute Gasteiger partial charge is 0.207 e. The molecule has 3 heteroatoms. The summed E-state index contributed by atoms with van der Waals surface area (Å²) in [6, 6.07) is 3.95. The molecule has 2 unspecified atom stereocenters. The van der Waals surface area contributed by atoms with E-state index < -0.39 is 11.6 Å². The molecule has 0 bridgehead atoms. The number of halogens is 3. The Morgan fingerprint density at radius 2 is 1.73 bits per heavy atom. The van der Waals surface area contributed by atoms with Crippen LogP contribution in [0, 0.1) is 17.6 Å². The van der Waals surface area contributed by atoms with Crippen LogP contribution in [0.3, 0.4) is 0 Å². The Balaban J connectivity index is 2.71. The first-order chi connectivity index (χ1) is 7.00. The zero-order chi connectivity index (χ0) is 11.4. The summed E-state index contributed by atoms with van der Waals surface area (Å²) in [6.45, 7) is 3.83. The fourth-order valence-corrected chi connectivity index (χ4v) is 2.02. The van der Waals surface area contributed by atoms with E-state index in [0.717, 1.165) is 6.42 Å². The van der Waals surface area contributed by atoms with E-state index in [2.05, 4.69) is 0 Å². The lowest BCUT2D eigenvalue weighted by atomic mass is 9.96. The maximum atomic E-state index is 13.3. The molecule has 0 saturated heterocycles. The highest BCUT2D eigenvalue weighted by Crippen LogP contribution is 2.20. The minimum Gasteiger partial charge on any atom is -0.207 e. The smallest absolute Gasteiger partial charge is 0.129 e. The maximum absolute atomic E-state index is 13.3. The number of hydrogen-bond donors (Lipinski definition) is 0. The van der Waals surface area contributed by atoms with Gasteiger partial charge in [-0.25, -0.2) is 8.78 Å². The maximum Gasteiger partial charge on any atom is 0.129 e. The van der Waals surface area contributed by atoms with Crippen LogP contribution in [0.5, 0.6) is 0 Å². The molecule has 0 fully saturated rings. The van der Waals surface area contributed by atoms with Crippen LogP contribution in [-0.4, -0.2) is 5.38 Å². The van der Waals surface area contributed by atoms with Crippen LogP contribution in [0.4, 0.5) is 8.78 Å². The van der Waals surface area contributed by atoms with E-state index in [0.29, 0.717) is 6.42 Å². The predicted octanol–water partition coefficient (Wildman–Crippen LogP) is 4.16. The zero-order valence-corrected chi connectivity index (χ0v) is 9.69. The van der Waals surface area contributed by atoms with Crippen molar-refractivity contribution in [2.24, 2.45) is 5.92 Å². The van der Waals surface area contributed by atoms with Gasteiger partial charge in [0.2, 0.25) is 0 Å². The molecule has 1 aromatic rings. The Morgan fingerprint density at radius 1 is 1.20 bits per heavy atom. The molecule has 0 aromatic heterocycles. The minimum absolute atomic E-state index is 0.0369. The van der Waals surface area contributed by atoms with E-state index in [4.69, 9.17) is 11.6 Å². The van der Waals surface area contributed by atoms with Crippen LogP contribution in [0.2, 0.25) is 0 Å². The molecule has 1 rings (SSSR count). The first kappa shape index (κ1) is 12.4. The Morgan fingerprint density at radius 3 is 2.20 bits per heavy atom. The van der Waals surface area contributed by atoms with Gasteiger partial charge in [0.1, 0.15) is 11.6 Å². The van der Waals surface area contributed by atoms with Gasteiger partial charge in [-0.2, -0.15) is 0 Å². The predicted molar refractivity (Wildman–Crippen MR) is 59.2 cm³/mol. The Labute approximate surface area is 94.3 Å². The van der Waals surface area contributed by atoms with Crippen LogP contribution in [0.25, 0.3) is 0 Å². The van der Waals surface area contributed by atoms with E-state index in [1.807, 2.05) is 13.8 Å². The van der Waals surface area contributed by atoms with Gasteiger partial charge < -0.3 is 0 Å². The average molecular weight is 233 g/mol. The van der Waals surface area contributed by atoms with Crippen LogP contribution in [-0.2, 0) is 6.42 Å². The highest BCUT2D eigenvalue weighted by Gasteiger charge is 2.13. The van der Waals surface area contributed by atoms with Crippen LogP contribution in [0.15, 0.2) is 18.2 Å². The SMILES string of the molecule is CC(Cl)CC(C)Cc1c(F)cccc1F. The highest BCUT2D eigenvalue weighted by molar-refractivity contribution is 6.20. The second-order valence-electron chi connectivity index (χ2n) is 4.03. The molecule has 0 N–H and O–H groups in total. The normalized spacial score (nSPS) is 15.0. The Kier molecular flexibility index (Phi) is 4.52. The van der Waals surface area contributed by atoms with Crippen LogP contribution in [0.1, 0.15) is 25.8 Å². The lowest BCUT2D eigenvalue weighted by Crippen LogP contribution is -2.08. The van der Waals surface area contributed by atoms with Gasteiger partial charge in [-0.1, -0.05) is 13.0 Å². The third-order valence-electron chi connectivity index (χ3n) is 2.34. The summed E-state index contributed by atoms with van der Waals surface area (Å²) in [4.78, 5) is 0. The molecule has 2 atom stereocenters. The molecule has 0 aliphatic carbocycles. The molecule has 0 saturated carbocycles. The van der Waals surface area contributed by atoms with Crippen molar-refractivity contribution in [2.45, 2.75) is 32.1 Å². The Bertz CT molecular complexity index is 303. The number of alkyl halides is 1. The zero-order valence-electron chi connectivity index (χ0n) is 8.93. The van der Waals surface area contributed by atoms with Gasteiger partial charge in [-0.05, 0) is 37.8 Å². The molecule has 15 heavy (non-hydrogen) atoms. The van der Waals surface area contributed by atoms with E-state index in [1.54, 1.807) is 0 Å². The van der Waals surface area contributed by atoms with Crippen molar-refractivity contribution < 1.29 is 8.78 Å². The molecule has 0 spiro atoms. The van der Waals surface area contributed by atoms with E-state index in [-0.39, 0.29) is 16.9 Å². The van der Waals surface area contributed by atoms with Gasteiger partial charge in [0.25, 0.3) is 0 Å². The minimum atomic E-state index is -0.468. The second kappa shape index (κ2) is 5.45. The van der Waals surface area contributed by atoms with Crippen molar-refractivity contribution >= 4 is 11.6 Å². The molecule has 0 aliphatic heterocycles. The second-order valence-corrected chi connectivity index (χ2v) is 4.77. The van der Waals surface area contributed by atoms with Crippen molar-refractivity contribution in [3.8, 4) is 0 Å². The molecule has 0 nitrogen and oxygen atoms in total. The van der Waals surface area contributed by atoms with Gasteiger partial charge >= 0.3 is 0 Å². The summed E-state index contributed by atoms with van der Waals surface area (Å²) in [5.41, 5.74) is 0.169. The molecule has 0 amide bonds. The number of rotatable bonds is 4. The number of benzene rings is 1. The van der Waals surface area contributed by atoms with Crippen LogP contribution >= 0.6 is 11.6 Å². The highest BCUT2D eigenvalue weighted by atomic mass is 35.5. The molecule has 0 heterocycles. The van der Waals surface area contributed by atoms with E-state index in [1.165, 1.54) is 18.2 Å². The topological polar surface area (TPSA) is 0 Å². The Hall–Kier alpha value is -0.630. The van der Waals surface area contributed by atoms with Crippen molar-refractivity contribution in [1.82, 2.24) is 0 Å². The third-order valence-corrected chi connectivity index (χ3v) is 2.52. The molecule has 1 aromatic carbocycles. The summed E-state index contributed by atoms with van der Waals surface area (Å²) in [6.07, 6.45) is 1.16. The first-order valence-electron chi connectivity index (χ1n) is 5.07. The summed E-state index contributed by atoms with van der Waals surface area (Å²) < 4.78 is 26.6. The molecule has 84 valence electrons. The third kappa shape index (κ3) is 3.78.